The van der Waals surface area contributed by atoms with Crippen molar-refractivity contribution in [3.05, 3.63) is 243 Å². The van der Waals surface area contributed by atoms with Crippen LogP contribution in [-0.4, -0.2) is 65.4 Å². The molecule has 7 aromatic rings. The van der Waals surface area contributed by atoms with E-state index in [0.29, 0.717) is 10.7 Å². The van der Waals surface area contributed by atoms with Gasteiger partial charge in [0.1, 0.15) is 28.3 Å². The summed E-state index contributed by atoms with van der Waals surface area (Å²) in [4.78, 5) is 60.6. The zero-order valence-electron chi connectivity index (χ0n) is 35.6. The van der Waals surface area contributed by atoms with Crippen LogP contribution in [0.15, 0.2) is 209 Å². The molecular weight excluding hydrogens is 885 g/mol. The third-order valence-corrected chi connectivity index (χ3v) is 13.5. The zero-order valence-corrected chi connectivity index (χ0v) is 37.2. The normalized spacial score (nSPS) is 16.1. The number of esters is 1. The van der Waals surface area contributed by atoms with Crippen LogP contribution in [0, 0.1) is 0 Å². The third-order valence-electron chi connectivity index (χ3n) is 11.5. The lowest BCUT2D eigenvalue weighted by Crippen LogP contribution is -2.71. The lowest BCUT2D eigenvalue weighted by atomic mass is 9.77. The monoisotopic (exact) mass is 926 g/mol. The van der Waals surface area contributed by atoms with Gasteiger partial charge in [-0.3, -0.25) is 19.3 Å². The fourth-order valence-electron chi connectivity index (χ4n) is 8.25. The molecular formula is C52H42N6O7S2. The third kappa shape index (κ3) is 9.02. The van der Waals surface area contributed by atoms with E-state index >= 15 is 0 Å². The maximum Gasteiger partial charge on any atom is 0.356 e. The highest BCUT2D eigenvalue weighted by Gasteiger charge is 2.55. The van der Waals surface area contributed by atoms with Crippen molar-refractivity contribution < 1.29 is 29.4 Å². The average Bonchev–Trinajstić information content (AvgIpc) is 3.84. The Morgan fingerprint density at radius 3 is 1.91 bits per heavy atom. The van der Waals surface area contributed by atoms with Crippen LogP contribution in [-0.2, 0) is 31.2 Å². The van der Waals surface area contributed by atoms with Gasteiger partial charge in [0.2, 0.25) is 5.43 Å². The van der Waals surface area contributed by atoms with E-state index in [4.69, 9.17) is 9.72 Å². The minimum Gasteiger partial charge on any atom is -0.503 e. The highest BCUT2D eigenvalue weighted by atomic mass is 32.2. The average molecular weight is 927 g/mol. The van der Waals surface area contributed by atoms with Crippen LogP contribution in [0.2, 0.25) is 0 Å². The maximum absolute atomic E-state index is 14.5. The highest BCUT2D eigenvalue weighted by molar-refractivity contribution is 8.00. The Kier molecular flexibility index (Phi) is 12.9. The molecule has 1 saturated heterocycles. The number of amides is 2. The van der Waals surface area contributed by atoms with Crippen molar-refractivity contribution in [2.24, 2.45) is 5.16 Å². The Morgan fingerprint density at radius 2 is 1.37 bits per heavy atom. The van der Waals surface area contributed by atoms with Gasteiger partial charge in [-0.1, -0.05) is 169 Å². The molecule has 4 N–H and O–H groups in total. The smallest absolute Gasteiger partial charge is 0.356 e. The van der Waals surface area contributed by atoms with Gasteiger partial charge in [-0.2, -0.15) is 0 Å². The van der Waals surface area contributed by atoms with E-state index in [9.17, 15) is 29.5 Å². The molecule has 1 fully saturated rings. The van der Waals surface area contributed by atoms with Crippen molar-refractivity contribution in [1.82, 2.24) is 19.8 Å². The molecule has 2 aromatic heterocycles. The Hall–Kier alpha value is -8.01. The van der Waals surface area contributed by atoms with Crippen molar-refractivity contribution in [1.29, 1.82) is 0 Å². The largest absolute Gasteiger partial charge is 0.503 e. The van der Waals surface area contributed by atoms with Gasteiger partial charge in [0.15, 0.2) is 22.7 Å². The summed E-state index contributed by atoms with van der Waals surface area (Å²) in [6.07, 6.45) is 5.47. The van der Waals surface area contributed by atoms with E-state index in [1.54, 1.807) is 22.1 Å². The van der Waals surface area contributed by atoms with E-state index in [1.807, 2.05) is 152 Å². The van der Waals surface area contributed by atoms with Crippen molar-refractivity contribution in [3.8, 4) is 5.75 Å². The van der Waals surface area contributed by atoms with Crippen LogP contribution < -0.4 is 16.1 Å². The first-order valence-corrected chi connectivity index (χ1v) is 23.2. The molecule has 2 atom stereocenters. The molecule has 67 heavy (non-hydrogen) atoms. The van der Waals surface area contributed by atoms with Crippen LogP contribution >= 0.6 is 23.1 Å². The number of nitrogens with one attached hydrogen (secondary N) is 2. The number of ether oxygens (including phenoxy) is 1. The number of fused-ring (bicyclic) bond motifs is 1. The highest BCUT2D eigenvalue weighted by Crippen LogP contribution is 2.43. The van der Waals surface area contributed by atoms with Crippen molar-refractivity contribution in [2.75, 3.05) is 11.1 Å². The molecule has 13 nitrogen and oxygen atoms in total. The van der Waals surface area contributed by atoms with Crippen molar-refractivity contribution in [2.45, 2.75) is 29.6 Å². The number of carbonyl (C=O) groups is 3. The van der Waals surface area contributed by atoms with Gasteiger partial charge >= 0.3 is 5.97 Å². The molecule has 0 radical (unpaired) electrons. The van der Waals surface area contributed by atoms with Gasteiger partial charge < -0.3 is 30.3 Å². The molecule has 9 rings (SSSR count). The number of anilines is 1. The second-order valence-electron chi connectivity index (χ2n) is 15.6. The van der Waals surface area contributed by atoms with Crippen LogP contribution in [0.5, 0.6) is 5.75 Å². The summed E-state index contributed by atoms with van der Waals surface area (Å²) < 4.78 is 7.88. The molecule has 2 amide bonds. The number of β-lactam (4-membered cyclic amide) rings is 1. The van der Waals surface area contributed by atoms with E-state index in [0.717, 1.165) is 27.8 Å². The van der Waals surface area contributed by atoms with Gasteiger partial charge in [-0.05, 0) is 33.4 Å². The number of aromatic nitrogens is 2. The molecule has 0 aliphatic carbocycles. The number of aromatic hydroxyl groups is 1. The molecule has 0 bridgehead atoms. The summed E-state index contributed by atoms with van der Waals surface area (Å²) >= 11 is 2.56. The first kappa shape index (κ1) is 44.2. The fraction of sp³-hybridized carbons (Fsp3) is 0.115. The number of benzene rings is 5. The summed E-state index contributed by atoms with van der Waals surface area (Å²) in [5.41, 5.74) is 3.04. The second-order valence-corrected chi connectivity index (χ2v) is 17.6. The Bertz CT molecular complexity index is 2920. The SMILES string of the molecule is O=C(OC(c1ccccc1)c1ccccc1)C1=C(/C=C/Cn2ccc(=O)c(O)c2)CSC2C(NC(=O)/C(=N\O)c3csc(NC(c4ccccc4)(c4ccccc4)c4ccccc4)n3)C(=O)N12. The van der Waals surface area contributed by atoms with E-state index in [-0.39, 0.29) is 23.7 Å². The summed E-state index contributed by atoms with van der Waals surface area (Å²) in [7, 11) is 0. The van der Waals surface area contributed by atoms with Gasteiger partial charge in [0.05, 0.1) is 6.20 Å². The van der Waals surface area contributed by atoms with Gasteiger partial charge in [0, 0.05) is 29.9 Å². The van der Waals surface area contributed by atoms with E-state index in [2.05, 4.69) is 15.8 Å². The number of hydrogen-bond donors (Lipinski definition) is 4. The number of nitrogens with zero attached hydrogens (tertiary/aromatic N) is 4. The lowest BCUT2D eigenvalue weighted by Gasteiger charge is -2.49. The first-order valence-electron chi connectivity index (χ1n) is 21.2. The van der Waals surface area contributed by atoms with Crippen LogP contribution in [0.4, 0.5) is 5.13 Å². The number of thiazole rings is 1. The zero-order chi connectivity index (χ0) is 46.3. The number of oxime groups is 1. The van der Waals surface area contributed by atoms with Gasteiger partial charge in [0.25, 0.3) is 11.8 Å². The Balaban J connectivity index is 0.979. The summed E-state index contributed by atoms with van der Waals surface area (Å²) in [5, 5.41) is 31.4. The number of carbonyl (C=O) groups excluding carboxylic acids is 3. The molecule has 2 unspecified atom stereocenters. The summed E-state index contributed by atoms with van der Waals surface area (Å²) in [6.45, 7) is 0.236. The van der Waals surface area contributed by atoms with Gasteiger partial charge in [-0.15, -0.1) is 23.1 Å². The van der Waals surface area contributed by atoms with E-state index < -0.39 is 57.7 Å². The Labute approximate surface area is 393 Å². The Morgan fingerprint density at radius 1 is 0.821 bits per heavy atom. The number of rotatable bonds is 15. The molecule has 2 aliphatic heterocycles. The van der Waals surface area contributed by atoms with Crippen LogP contribution in [0.25, 0.3) is 0 Å². The number of thioether (sulfide) groups is 1. The predicted octanol–water partition coefficient (Wildman–Crippen LogP) is 7.84. The van der Waals surface area contributed by atoms with Crippen LogP contribution in [0.3, 0.4) is 0 Å². The predicted molar refractivity (Wildman–Crippen MR) is 258 cm³/mol. The number of hydrogen-bond acceptors (Lipinski definition) is 12. The molecule has 2 aliphatic rings. The van der Waals surface area contributed by atoms with Crippen molar-refractivity contribution in [3.63, 3.8) is 0 Å². The molecule has 4 heterocycles. The minimum atomic E-state index is -1.09. The second kappa shape index (κ2) is 19.6. The maximum atomic E-state index is 14.5. The molecule has 334 valence electrons. The molecule has 15 heteroatoms. The molecule has 0 saturated carbocycles. The minimum absolute atomic E-state index is 0.0140. The molecule has 5 aromatic carbocycles. The standard InChI is InChI=1S/C52H42N6O7S2/c59-41-28-30-57(31-42(41)60)29-16-21-36-32-66-49-44(48(62)58(49)45(36)50(63)65-46(34-17-6-1-7-18-34)35-19-8-2-9-20-35)54-47(61)43(56-64)40-33-67-51(53-40)55-52(37-22-10-3-11-23-37,38-24-12-4-13-25-38)39-26-14-5-15-27-39/h1-28,30-31,33,44,46,49,60,64H,29,32H2,(H,53,55)(H,54,61)/b21-16+,56-43-. The summed E-state index contributed by atoms with van der Waals surface area (Å²) in [6, 6.07) is 48.5. The molecule has 0 spiro atoms. The van der Waals surface area contributed by atoms with Gasteiger partial charge in [-0.25, -0.2) is 9.78 Å². The number of pyridine rings is 1. The fourth-order valence-corrected chi connectivity index (χ4v) is 10.3. The topological polar surface area (TPSA) is 175 Å². The van der Waals surface area contributed by atoms with Crippen LogP contribution in [0.1, 0.15) is 39.6 Å². The first-order chi connectivity index (χ1) is 32.7. The summed E-state index contributed by atoms with van der Waals surface area (Å²) in [5.74, 6) is -2.30. The van der Waals surface area contributed by atoms with E-state index in [1.165, 1.54) is 46.5 Å². The number of allylic oxidation sites excluding steroid dienone is 2. The lowest BCUT2D eigenvalue weighted by molar-refractivity contribution is -0.154. The quantitative estimate of drug-likeness (QED) is 0.0198. The van der Waals surface area contributed by atoms with Crippen molar-refractivity contribution >= 4 is 51.7 Å².